The lowest BCUT2D eigenvalue weighted by atomic mass is 10.2. The van der Waals surface area contributed by atoms with E-state index in [0.29, 0.717) is 5.56 Å². The number of rotatable bonds is 4. The summed E-state index contributed by atoms with van der Waals surface area (Å²) in [6.07, 6.45) is 4.19. The minimum Gasteiger partial charge on any atom is -0.347 e. The second kappa shape index (κ2) is 4.82. The normalized spacial score (nSPS) is 10.5. The molecule has 1 aromatic heterocycles. The third-order valence-corrected chi connectivity index (χ3v) is 2.76. The second-order valence-corrected chi connectivity index (χ2v) is 3.89. The van der Waals surface area contributed by atoms with Crippen LogP contribution in [0.5, 0.6) is 0 Å². The second-order valence-electron chi connectivity index (χ2n) is 3.89. The Morgan fingerprint density at radius 1 is 1.25 bits per heavy atom. The zero-order valence-corrected chi connectivity index (χ0v) is 9.19. The van der Waals surface area contributed by atoms with Gasteiger partial charge < -0.3 is 10.3 Å². The van der Waals surface area contributed by atoms with Crippen molar-refractivity contribution >= 4 is 10.9 Å². The average molecular weight is 213 g/mol. The topological polar surface area (TPSA) is 54.7 Å². The predicted molar refractivity (Wildman–Crippen MR) is 64.9 cm³/mol. The highest BCUT2D eigenvalue weighted by Gasteiger charge is 2.01. The molecule has 2 N–H and O–H groups in total. The van der Waals surface area contributed by atoms with E-state index < -0.39 is 0 Å². The van der Waals surface area contributed by atoms with E-state index in [1.165, 1.54) is 5.39 Å². The SMILES string of the molecule is N#Cc1ccc2ccn(CCCCN)c2c1. The number of fused-ring (bicyclic) bond motifs is 1. The summed E-state index contributed by atoms with van der Waals surface area (Å²) in [4.78, 5) is 0. The first-order valence-corrected chi connectivity index (χ1v) is 5.54. The quantitative estimate of drug-likeness (QED) is 0.792. The Balaban J connectivity index is 2.28. The van der Waals surface area contributed by atoms with Crippen LogP contribution in [0.15, 0.2) is 30.5 Å². The van der Waals surface area contributed by atoms with Gasteiger partial charge in [0.2, 0.25) is 0 Å². The van der Waals surface area contributed by atoms with Gasteiger partial charge >= 0.3 is 0 Å². The predicted octanol–water partition coefficient (Wildman–Crippen LogP) is 2.25. The lowest BCUT2D eigenvalue weighted by Crippen LogP contribution is -2.02. The maximum Gasteiger partial charge on any atom is 0.0992 e. The number of hydrogen-bond acceptors (Lipinski definition) is 2. The largest absolute Gasteiger partial charge is 0.347 e. The van der Waals surface area contributed by atoms with E-state index in [2.05, 4.69) is 22.9 Å². The van der Waals surface area contributed by atoms with Crippen molar-refractivity contribution in [3.63, 3.8) is 0 Å². The van der Waals surface area contributed by atoms with E-state index in [1.54, 1.807) is 0 Å². The molecule has 0 radical (unpaired) electrons. The van der Waals surface area contributed by atoms with Crippen molar-refractivity contribution in [2.75, 3.05) is 6.54 Å². The Morgan fingerprint density at radius 2 is 2.12 bits per heavy atom. The smallest absolute Gasteiger partial charge is 0.0992 e. The van der Waals surface area contributed by atoms with Gasteiger partial charge in [0.15, 0.2) is 0 Å². The highest BCUT2D eigenvalue weighted by molar-refractivity contribution is 5.81. The van der Waals surface area contributed by atoms with Crippen molar-refractivity contribution in [3.8, 4) is 6.07 Å². The third-order valence-electron chi connectivity index (χ3n) is 2.76. The van der Waals surface area contributed by atoms with Gasteiger partial charge in [-0.15, -0.1) is 0 Å². The third kappa shape index (κ3) is 2.07. The molecule has 2 aromatic rings. The van der Waals surface area contributed by atoms with Gasteiger partial charge in [-0.1, -0.05) is 6.07 Å². The zero-order valence-electron chi connectivity index (χ0n) is 9.19. The van der Waals surface area contributed by atoms with Gasteiger partial charge in [-0.25, -0.2) is 0 Å². The molecule has 16 heavy (non-hydrogen) atoms. The van der Waals surface area contributed by atoms with Crippen molar-refractivity contribution in [1.29, 1.82) is 5.26 Å². The molecule has 0 aliphatic carbocycles. The number of nitrogens with zero attached hydrogens (tertiary/aromatic N) is 2. The Hall–Kier alpha value is -1.79. The van der Waals surface area contributed by atoms with E-state index in [-0.39, 0.29) is 0 Å². The Morgan fingerprint density at radius 3 is 2.88 bits per heavy atom. The molecule has 0 amide bonds. The molecule has 3 nitrogen and oxygen atoms in total. The number of benzene rings is 1. The highest BCUT2D eigenvalue weighted by Crippen LogP contribution is 2.17. The van der Waals surface area contributed by atoms with Gasteiger partial charge in [-0.2, -0.15) is 5.26 Å². The lowest BCUT2D eigenvalue weighted by molar-refractivity contribution is 0.630. The van der Waals surface area contributed by atoms with Gasteiger partial charge in [0.05, 0.1) is 11.6 Å². The number of unbranched alkanes of at least 4 members (excludes halogenated alkanes) is 1. The van der Waals surface area contributed by atoms with Crippen LogP contribution in [-0.2, 0) is 6.54 Å². The molecule has 0 bridgehead atoms. The van der Waals surface area contributed by atoms with Crippen LogP contribution in [-0.4, -0.2) is 11.1 Å². The number of hydrogen-bond donors (Lipinski definition) is 1. The summed E-state index contributed by atoms with van der Waals surface area (Å²) < 4.78 is 2.19. The van der Waals surface area contributed by atoms with Crippen LogP contribution in [0.25, 0.3) is 10.9 Å². The zero-order chi connectivity index (χ0) is 11.4. The molecule has 0 saturated carbocycles. The fraction of sp³-hybridized carbons (Fsp3) is 0.308. The Bertz CT molecular complexity index is 519. The molecule has 0 fully saturated rings. The van der Waals surface area contributed by atoms with Crippen molar-refractivity contribution in [1.82, 2.24) is 4.57 Å². The standard InChI is InChI=1S/C13H15N3/c14-6-1-2-7-16-8-5-12-4-3-11(10-15)9-13(12)16/h3-5,8-9H,1-2,6-7,14H2. The van der Waals surface area contributed by atoms with Gasteiger partial charge in [0.1, 0.15) is 0 Å². The monoisotopic (exact) mass is 213 g/mol. The number of nitrogens with two attached hydrogens (primary N) is 1. The van der Waals surface area contributed by atoms with E-state index in [4.69, 9.17) is 11.0 Å². The van der Waals surface area contributed by atoms with Crippen LogP contribution in [0.2, 0.25) is 0 Å². The first-order valence-electron chi connectivity index (χ1n) is 5.54. The molecule has 0 aliphatic heterocycles. The summed E-state index contributed by atoms with van der Waals surface area (Å²) in [7, 11) is 0. The van der Waals surface area contributed by atoms with Gasteiger partial charge in [0.25, 0.3) is 0 Å². The van der Waals surface area contributed by atoms with Crippen molar-refractivity contribution in [2.45, 2.75) is 19.4 Å². The molecular weight excluding hydrogens is 198 g/mol. The summed E-state index contributed by atoms with van der Waals surface area (Å²) in [5.41, 5.74) is 7.32. The van der Waals surface area contributed by atoms with Crippen molar-refractivity contribution in [2.24, 2.45) is 5.73 Å². The number of nitriles is 1. The van der Waals surface area contributed by atoms with E-state index in [0.717, 1.165) is 31.4 Å². The molecule has 82 valence electrons. The summed E-state index contributed by atoms with van der Waals surface area (Å²) >= 11 is 0. The average Bonchev–Trinajstić information content (AvgIpc) is 2.72. The lowest BCUT2D eigenvalue weighted by Gasteiger charge is -2.04. The number of aryl methyl sites for hydroxylation is 1. The van der Waals surface area contributed by atoms with Crippen molar-refractivity contribution < 1.29 is 0 Å². The van der Waals surface area contributed by atoms with Gasteiger partial charge in [0, 0.05) is 18.3 Å². The van der Waals surface area contributed by atoms with E-state index in [1.807, 2.05) is 18.2 Å². The molecule has 0 saturated heterocycles. The fourth-order valence-electron chi connectivity index (χ4n) is 1.87. The van der Waals surface area contributed by atoms with Gasteiger partial charge in [-0.05, 0) is 43.0 Å². The van der Waals surface area contributed by atoms with Crippen LogP contribution in [0.1, 0.15) is 18.4 Å². The maximum absolute atomic E-state index is 8.86. The van der Waals surface area contributed by atoms with E-state index >= 15 is 0 Å². The number of aromatic nitrogens is 1. The van der Waals surface area contributed by atoms with Crippen LogP contribution in [0.4, 0.5) is 0 Å². The molecule has 1 heterocycles. The molecule has 2 rings (SSSR count). The van der Waals surface area contributed by atoms with Crippen LogP contribution >= 0.6 is 0 Å². The molecule has 1 aromatic carbocycles. The minimum absolute atomic E-state index is 0.714. The Kier molecular flexibility index (Phi) is 3.23. The minimum atomic E-state index is 0.714. The van der Waals surface area contributed by atoms with Gasteiger partial charge in [-0.3, -0.25) is 0 Å². The first kappa shape index (κ1) is 10.7. The summed E-state index contributed by atoms with van der Waals surface area (Å²) in [6, 6.07) is 10.0. The molecular formula is C13H15N3. The first-order chi connectivity index (χ1) is 7.85. The molecule has 0 unspecified atom stereocenters. The summed E-state index contributed by atoms with van der Waals surface area (Å²) in [6.45, 7) is 1.71. The molecule has 0 spiro atoms. The molecule has 0 atom stereocenters. The summed E-state index contributed by atoms with van der Waals surface area (Å²) in [5, 5.41) is 10.1. The van der Waals surface area contributed by atoms with Crippen LogP contribution < -0.4 is 5.73 Å². The van der Waals surface area contributed by atoms with E-state index in [9.17, 15) is 0 Å². The fourth-order valence-corrected chi connectivity index (χ4v) is 1.87. The van der Waals surface area contributed by atoms with Crippen LogP contribution in [0, 0.1) is 11.3 Å². The molecule has 0 aliphatic rings. The van der Waals surface area contributed by atoms with Crippen LogP contribution in [0.3, 0.4) is 0 Å². The molecule has 3 heteroatoms. The van der Waals surface area contributed by atoms with Crippen molar-refractivity contribution in [3.05, 3.63) is 36.0 Å². The Labute approximate surface area is 95.1 Å². The maximum atomic E-state index is 8.86. The summed E-state index contributed by atoms with van der Waals surface area (Å²) in [5.74, 6) is 0. The highest BCUT2D eigenvalue weighted by atomic mass is 14.9.